The first-order chi connectivity index (χ1) is 8.33. The number of nitrogens with one attached hydrogen (secondary N) is 1. The molecule has 0 unspecified atom stereocenters. The topological polar surface area (TPSA) is 64.6 Å². The van der Waals surface area contributed by atoms with E-state index in [1.54, 1.807) is 20.8 Å². The van der Waals surface area contributed by atoms with E-state index in [1.807, 2.05) is 12.2 Å². The van der Waals surface area contributed by atoms with E-state index >= 15 is 0 Å². The number of allylic oxidation sites excluding steroid dienone is 1. The van der Waals surface area contributed by atoms with Crippen molar-refractivity contribution in [3.05, 3.63) is 12.2 Å². The number of ether oxygens (including phenoxy) is 2. The molecule has 102 valence electrons. The Morgan fingerprint density at radius 1 is 1.33 bits per heavy atom. The van der Waals surface area contributed by atoms with Crippen LogP contribution in [0.1, 0.15) is 33.6 Å². The van der Waals surface area contributed by atoms with Crippen molar-refractivity contribution >= 4 is 12.1 Å². The Morgan fingerprint density at radius 3 is 2.56 bits per heavy atom. The first-order valence-electron chi connectivity index (χ1n) is 6.07. The molecule has 0 aromatic carbocycles. The smallest absolute Gasteiger partial charge is 0.408 e. The standard InChI is InChI=1S/C13H21NO4/c1-13(2,3)18-12(16)14-10-8-6-5-7-9(10)11(15)17-4/h6,8-10H,5,7H2,1-4H3,(H,14,16)/t9-,10+/m0/s1. The number of carbonyl (C=O) groups excluding carboxylic acids is 2. The zero-order valence-electron chi connectivity index (χ0n) is 11.4. The molecular formula is C13H21NO4. The Labute approximate surface area is 108 Å². The zero-order valence-corrected chi connectivity index (χ0v) is 11.4. The molecule has 0 heterocycles. The van der Waals surface area contributed by atoms with Crippen molar-refractivity contribution in [3.8, 4) is 0 Å². The summed E-state index contributed by atoms with van der Waals surface area (Å²) in [4.78, 5) is 23.3. The predicted molar refractivity (Wildman–Crippen MR) is 67.0 cm³/mol. The molecule has 0 fully saturated rings. The number of alkyl carbamates (subject to hydrolysis) is 1. The summed E-state index contributed by atoms with van der Waals surface area (Å²) in [5, 5.41) is 2.69. The van der Waals surface area contributed by atoms with Gasteiger partial charge in [0.25, 0.3) is 0 Å². The maximum atomic E-state index is 11.7. The van der Waals surface area contributed by atoms with Gasteiger partial charge in [0.2, 0.25) is 0 Å². The van der Waals surface area contributed by atoms with Crippen molar-refractivity contribution in [1.29, 1.82) is 0 Å². The summed E-state index contributed by atoms with van der Waals surface area (Å²) in [6, 6.07) is -0.360. The van der Waals surface area contributed by atoms with Crippen LogP contribution in [0.25, 0.3) is 0 Å². The molecule has 2 atom stereocenters. The van der Waals surface area contributed by atoms with Crippen LogP contribution in [0, 0.1) is 5.92 Å². The molecule has 0 bridgehead atoms. The van der Waals surface area contributed by atoms with E-state index in [0.29, 0.717) is 6.42 Å². The normalized spacial score (nSPS) is 23.3. The van der Waals surface area contributed by atoms with Gasteiger partial charge in [0.15, 0.2) is 0 Å². The number of carbonyl (C=O) groups is 2. The molecular weight excluding hydrogens is 234 g/mol. The zero-order chi connectivity index (χ0) is 13.8. The molecule has 1 rings (SSSR count). The molecule has 1 aliphatic rings. The first kappa shape index (κ1) is 14.5. The maximum Gasteiger partial charge on any atom is 0.408 e. The van der Waals surface area contributed by atoms with Gasteiger partial charge in [-0.2, -0.15) is 0 Å². The molecule has 5 nitrogen and oxygen atoms in total. The van der Waals surface area contributed by atoms with Crippen molar-refractivity contribution in [2.24, 2.45) is 5.92 Å². The molecule has 0 saturated carbocycles. The van der Waals surface area contributed by atoms with Crippen LogP contribution in [-0.4, -0.2) is 30.8 Å². The lowest BCUT2D eigenvalue weighted by molar-refractivity contribution is -0.146. The lowest BCUT2D eigenvalue weighted by Gasteiger charge is -2.28. The lowest BCUT2D eigenvalue weighted by atomic mass is 9.90. The molecule has 0 aliphatic heterocycles. The highest BCUT2D eigenvalue weighted by Crippen LogP contribution is 2.20. The van der Waals surface area contributed by atoms with Gasteiger partial charge in [-0.05, 0) is 33.6 Å². The van der Waals surface area contributed by atoms with Crippen molar-refractivity contribution < 1.29 is 19.1 Å². The Morgan fingerprint density at radius 2 is 2.00 bits per heavy atom. The van der Waals surface area contributed by atoms with Gasteiger partial charge in [0.05, 0.1) is 19.1 Å². The van der Waals surface area contributed by atoms with Crippen molar-refractivity contribution in [3.63, 3.8) is 0 Å². The SMILES string of the molecule is COC(=O)[C@H]1CCC=C[C@H]1NC(=O)OC(C)(C)C. The molecule has 1 N–H and O–H groups in total. The molecule has 0 aromatic rings. The number of amides is 1. The van der Waals surface area contributed by atoms with Crippen LogP contribution in [0.2, 0.25) is 0 Å². The third-order valence-corrected chi connectivity index (χ3v) is 2.61. The Kier molecular flexibility index (Phi) is 4.76. The third-order valence-electron chi connectivity index (χ3n) is 2.61. The van der Waals surface area contributed by atoms with Gasteiger partial charge in [-0.3, -0.25) is 4.79 Å². The second-order valence-corrected chi connectivity index (χ2v) is 5.31. The van der Waals surface area contributed by atoms with Gasteiger partial charge in [-0.1, -0.05) is 12.2 Å². The van der Waals surface area contributed by atoms with E-state index < -0.39 is 11.7 Å². The van der Waals surface area contributed by atoms with Gasteiger partial charge in [0.1, 0.15) is 5.60 Å². The third kappa shape index (κ3) is 4.39. The fourth-order valence-electron chi connectivity index (χ4n) is 1.84. The summed E-state index contributed by atoms with van der Waals surface area (Å²) in [6.07, 6.45) is 4.72. The van der Waals surface area contributed by atoms with Crippen LogP contribution in [-0.2, 0) is 14.3 Å². The lowest BCUT2D eigenvalue weighted by Crippen LogP contribution is -2.45. The molecule has 0 radical (unpaired) electrons. The second kappa shape index (κ2) is 5.89. The summed E-state index contributed by atoms with van der Waals surface area (Å²) in [5.74, 6) is -0.645. The minimum Gasteiger partial charge on any atom is -0.469 e. The van der Waals surface area contributed by atoms with E-state index in [1.165, 1.54) is 7.11 Å². The average molecular weight is 255 g/mol. The molecule has 5 heteroatoms. The number of hydrogen-bond donors (Lipinski definition) is 1. The highest BCUT2D eigenvalue weighted by atomic mass is 16.6. The average Bonchev–Trinajstić information content (AvgIpc) is 2.26. The largest absolute Gasteiger partial charge is 0.469 e. The monoisotopic (exact) mass is 255 g/mol. The van der Waals surface area contributed by atoms with Gasteiger partial charge < -0.3 is 14.8 Å². The van der Waals surface area contributed by atoms with E-state index in [0.717, 1.165) is 6.42 Å². The Hall–Kier alpha value is -1.52. The predicted octanol–water partition coefficient (Wildman–Crippen LogP) is 2.02. The second-order valence-electron chi connectivity index (χ2n) is 5.31. The molecule has 1 amide bonds. The van der Waals surface area contributed by atoms with Crippen molar-refractivity contribution in [1.82, 2.24) is 5.32 Å². The number of esters is 1. The fourth-order valence-corrected chi connectivity index (χ4v) is 1.84. The van der Waals surface area contributed by atoms with Crippen LogP contribution in [0.15, 0.2) is 12.2 Å². The number of rotatable bonds is 2. The van der Waals surface area contributed by atoms with E-state index in [4.69, 9.17) is 9.47 Å². The highest BCUT2D eigenvalue weighted by molar-refractivity contribution is 5.76. The minimum atomic E-state index is -0.552. The van der Waals surface area contributed by atoms with E-state index in [2.05, 4.69) is 5.32 Å². The maximum absolute atomic E-state index is 11.7. The van der Waals surface area contributed by atoms with E-state index in [-0.39, 0.29) is 17.9 Å². The summed E-state index contributed by atoms with van der Waals surface area (Å²) >= 11 is 0. The van der Waals surface area contributed by atoms with Crippen molar-refractivity contribution in [2.75, 3.05) is 7.11 Å². The summed E-state index contributed by atoms with van der Waals surface area (Å²) < 4.78 is 9.90. The molecule has 1 aliphatic carbocycles. The summed E-state index contributed by atoms with van der Waals surface area (Å²) in [6.45, 7) is 5.38. The number of methoxy groups -OCH3 is 1. The first-order valence-corrected chi connectivity index (χ1v) is 6.07. The van der Waals surface area contributed by atoms with Crippen LogP contribution in [0.5, 0.6) is 0 Å². The Balaban J connectivity index is 2.62. The quantitative estimate of drug-likeness (QED) is 0.605. The van der Waals surface area contributed by atoms with Gasteiger partial charge in [0, 0.05) is 0 Å². The minimum absolute atomic E-state index is 0.305. The summed E-state index contributed by atoms with van der Waals surface area (Å²) in [7, 11) is 1.35. The molecule has 0 aromatic heterocycles. The molecule has 0 spiro atoms. The highest BCUT2D eigenvalue weighted by Gasteiger charge is 2.31. The fraction of sp³-hybridized carbons (Fsp3) is 0.692. The Bertz CT molecular complexity index is 343. The molecule has 18 heavy (non-hydrogen) atoms. The summed E-state index contributed by atoms with van der Waals surface area (Å²) in [5.41, 5.74) is -0.552. The van der Waals surface area contributed by atoms with Crippen LogP contribution < -0.4 is 5.32 Å². The number of hydrogen-bond acceptors (Lipinski definition) is 4. The van der Waals surface area contributed by atoms with Crippen LogP contribution in [0.4, 0.5) is 4.79 Å². The van der Waals surface area contributed by atoms with E-state index in [9.17, 15) is 9.59 Å². The van der Waals surface area contributed by atoms with Gasteiger partial charge in [-0.25, -0.2) is 4.79 Å². The van der Waals surface area contributed by atoms with Gasteiger partial charge in [-0.15, -0.1) is 0 Å². The molecule has 0 saturated heterocycles. The van der Waals surface area contributed by atoms with Gasteiger partial charge >= 0.3 is 12.1 Å². The van der Waals surface area contributed by atoms with Crippen LogP contribution >= 0.6 is 0 Å². The van der Waals surface area contributed by atoms with Crippen molar-refractivity contribution in [2.45, 2.75) is 45.3 Å². The van der Waals surface area contributed by atoms with Crippen LogP contribution in [0.3, 0.4) is 0 Å².